The van der Waals surface area contributed by atoms with Crippen molar-refractivity contribution >= 4 is 27.8 Å². The van der Waals surface area contributed by atoms with E-state index in [9.17, 15) is 0 Å². The second-order valence-corrected chi connectivity index (χ2v) is 7.09. The molecule has 0 radical (unpaired) electrons. The number of imidazole rings is 1. The maximum absolute atomic E-state index is 4.70. The molecule has 0 aromatic carbocycles. The van der Waals surface area contributed by atoms with E-state index in [1.54, 1.807) is 10.0 Å². The number of hydrogen-bond donors (Lipinski definition) is 1. The molecule has 0 bridgehead atoms. The first-order valence-corrected chi connectivity index (χ1v) is 8.82. The van der Waals surface area contributed by atoms with E-state index >= 15 is 0 Å². The second-order valence-electron chi connectivity index (χ2n) is 6.27. The number of aryl methyl sites for hydroxylation is 1. The van der Waals surface area contributed by atoms with Crippen LogP contribution in [-0.4, -0.2) is 29.2 Å². The summed E-state index contributed by atoms with van der Waals surface area (Å²) in [4.78, 5) is 10.2. The van der Waals surface area contributed by atoms with Crippen LogP contribution in [0, 0.1) is 6.92 Å². The first kappa shape index (κ1) is 15.1. The van der Waals surface area contributed by atoms with E-state index in [-0.39, 0.29) is 6.04 Å². The number of rotatable bonds is 4. The molecular formula is C16H19N7S. The van der Waals surface area contributed by atoms with E-state index in [1.165, 1.54) is 11.3 Å². The maximum Gasteiger partial charge on any atom is 0.212 e. The Bertz CT molecular complexity index is 982. The van der Waals surface area contributed by atoms with Crippen molar-refractivity contribution in [3.63, 3.8) is 0 Å². The summed E-state index contributed by atoms with van der Waals surface area (Å²) in [5.74, 6) is 1.27. The van der Waals surface area contributed by atoms with Crippen LogP contribution in [0.1, 0.15) is 49.8 Å². The van der Waals surface area contributed by atoms with Gasteiger partial charge in [0.15, 0.2) is 5.65 Å². The minimum atomic E-state index is 0.0361. The van der Waals surface area contributed by atoms with Crippen molar-refractivity contribution in [1.82, 2.24) is 29.2 Å². The van der Waals surface area contributed by atoms with E-state index in [0.29, 0.717) is 5.92 Å². The molecule has 0 aliphatic rings. The van der Waals surface area contributed by atoms with Crippen molar-refractivity contribution < 1.29 is 0 Å². The highest BCUT2D eigenvalue weighted by atomic mass is 32.1. The molecule has 4 heterocycles. The molecule has 24 heavy (non-hydrogen) atoms. The van der Waals surface area contributed by atoms with Gasteiger partial charge in [-0.25, -0.2) is 14.5 Å². The van der Waals surface area contributed by atoms with Crippen LogP contribution >= 0.6 is 11.3 Å². The Kier molecular flexibility index (Phi) is 3.49. The zero-order valence-electron chi connectivity index (χ0n) is 14.1. The van der Waals surface area contributed by atoms with Gasteiger partial charge in [-0.1, -0.05) is 25.2 Å². The molecule has 0 spiro atoms. The lowest BCUT2D eigenvalue weighted by molar-refractivity contribution is 0.785. The molecule has 4 aromatic rings. The zero-order valence-corrected chi connectivity index (χ0v) is 14.9. The summed E-state index contributed by atoms with van der Waals surface area (Å²) >= 11 is 1.53. The Morgan fingerprint density at radius 1 is 1.12 bits per heavy atom. The van der Waals surface area contributed by atoms with Crippen LogP contribution in [0.25, 0.3) is 10.6 Å². The third-order valence-electron chi connectivity index (χ3n) is 3.97. The number of hydrogen-bond acceptors (Lipinski definition) is 6. The molecule has 4 rings (SSSR count). The van der Waals surface area contributed by atoms with Gasteiger partial charge >= 0.3 is 0 Å². The van der Waals surface area contributed by atoms with Gasteiger partial charge in [0.2, 0.25) is 4.96 Å². The standard InChI is InChI=1S/C16H19N7S/c1-9(2)12-6-15(23-14(19-12)5-10(3)21-23)18-11(4)13-7-22-16(20-13)24-8-17-22/h5-9,11,18H,1-4H3/t11-/m0/s1. The minimum absolute atomic E-state index is 0.0361. The molecule has 1 atom stereocenters. The largest absolute Gasteiger partial charge is 0.362 e. The molecule has 0 fully saturated rings. The molecule has 8 heteroatoms. The average Bonchev–Trinajstić information content (AvgIpc) is 3.19. The topological polar surface area (TPSA) is 72.4 Å². The summed E-state index contributed by atoms with van der Waals surface area (Å²) in [6.45, 7) is 8.35. The van der Waals surface area contributed by atoms with Gasteiger partial charge in [-0.05, 0) is 19.8 Å². The number of anilines is 1. The third-order valence-corrected chi connectivity index (χ3v) is 4.66. The zero-order chi connectivity index (χ0) is 16.8. The Balaban J connectivity index is 1.73. The molecule has 0 saturated carbocycles. The molecule has 1 N–H and O–H groups in total. The molecule has 0 unspecified atom stereocenters. The smallest absolute Gasteiger partial charge is 0.212 e. The lowest BCUT2D eigenvalue weighted by Gasteiger charge is -2.16. The molecule has 0 saturated heterocycles. The van der Waals surface area contributed by atoms with Crippen LogP contribution in [0.5, 0.6) is 0 Å². The van der Waals surface area contributed by atoms with E-state index < -0.39 is 0 Å². The summed E-state index contributed by atoms with van der Waals surface area (Å²) < 4.78 is 3.66. The third kappa shape index (κ3) is 2.52. The highest BCUT2D eigenvalue weighted by Gasteiger charge is 2.15. The van der Waals surface area contributed by atoms with E-state index in [1.807, 2.05) is 23.7 Å². The van der Waals surface area contributed by atoms with Gasteiger partial charge in [0.05, 0.1) is 23.6 Å². The van der Waals surface area contributed by atoms with E-state index in [0.717, 1.165) is 33.5 Å². The Morgan fingerprint density at radius 3 is 2.71 bits per heavy atom. The fraction of sp³-hybridized carbons (Fsp3) is 0.375. The van der Waals surface area contributed by atoms with Crippen LogP contribution in [0.3, 0.4) is 0 Å². The Morgan fingerprint density at radius 2 is 1.96 bits per heavy atom. The van der Waals surface area contributed by atoms with Crippen LogP contribution in [0.4, 0.5) is 5.82 Å². The molecule has 0 amide bonds. The first-order chi connectivity index (χ1) is 11.5. The Hall–Kier alpha value is -2.48. The van der Waals surface area contributed by atoms with Gasteiger partial charge in [0.25, 0.3) is 0 Å². The predicted octanol–water partition coefficient (Wildman–Crippen LogP) is 3.44. The highest BCUT2D eigenvalue weighted by molar-refractivity contribution is 7.14. The SMILES string of the molecule is Cc1cc2nc(C(C)C)cc(N[C@@H](C)c3cn4ncsc4n3)n2n1. The molecule has 7 nitrogen and oxygen atoms in total. The van der Waals surface area contributed by atoms with Crippen LogP contribution in [0.2, 0.25) is 0 Å². The summed E-state index contributed by atoms with van der Waals surface area (Å²) in [5, 5.41) is 12.3. The van der Waals surface area contributed by atoms with Crippen molar-refractivity contribution in [2.75, 3.05) is 5.32 Å². The van der Waals surface area contributed by atoms with Crippen molar-refractivity contribution in [2.45, 2.75) is 39.7 Å². The number of aromatic nitrogens is 6. The quantitative estimate of drug-likeness (QED) is 0.615. The monoisotopic (exact) mass is 341 g/mol. The highest BCUT2D eigenvalue weighted by Crippen LogP contribution is 2.24. The summed E-state index contributed by atoms with van der Waals surface area (Å²) in [5.41, 5.74) is 5.60. The molecule has 0 aliphatic carbocycles. The molecule has 0 aliphatic heterocycles. The van der Waals surface area contributed by atoms with Crippen LogP contribution in [0.15, 0.2) is 23.8 Å². The number of nitrogens with one attached hydrogen (secondary N) is 1. The van der Waals surface area contributed by atoms with Gasteiger partial charge in [-0.2, -0.15) is 14.7 Å². The van der Waals surface area contributed by atoms with Crippen molar-refractivity contribution in [3.8, 4) is 0 Å². The van der Waals surface area contributed by atoms with Gasteiger partial charge in [0, 0.05) is 17.8 Å². The lowest BCUT2D eigenvalue weighted by atomic mass is 10.1. The summed E-state index contributed by atoms with van der Waals surface area (Å²) in [6.07, 6.45) is 1.96. The van der Waals surface area contributed by atoms with E-state index in [4.69, 9.17) is 4.98 Å². The van der Waals surface area contributed by atoms with E-state index in [2.05, 4.69) is 47.3 Å². The van der Waals surface area contributed by atoms with Crippen molar-refractivity contribution in [2.24, 2.45) is 0 Å². The van der Waals surface area contributed by atoms with Gasteiger partial charge in [-0.3, -0.25) is 0 Å². The maximum atomic E-state index is 4.70. The fourth-order valence-electron chi connectivity index (χ4n) is 2.67. The molecule has 124 valence electrons. The number of fused-ring (bicyclic) bond motifs is 2. The summed E-state index contributed by atoms with van der Waals surface area (Å²) in [7, 11) is 0. The summed E-state index contributed by atoms with van der Waals surface area (Å²) in [6, 6.07) is 4.10. The van der Waals surface area contributed by atoms with Crippen molar-refractivity contribution in [1.29, 1.82) is 0 Å². The Labute approximate surface area is 143 Å². The normalized spacial score (nSPS) is 13.2. The molecular weight excluding hydrogens is 322 g/mol. The van der Waals surface area contributed by atoms with Crippen LogP contribution in [-0.2, 0) is 0 Å². The fourth-order valence-corrected chi connectivity index (χ4v) is 3.28. The van der Waals surface area contributed by atoms with Crippen LogP contribution < -0.4 is 5.32 Å². The van der Waals surface area contributed by atoms with Crippen molar-refractivity contribution in [3.05, 3.63) is 40.9 Å². The first-order valence-electron chi connectivity index (χ1n) is 7.94. The number of nitrogens with zero attached hydrogens (tertiary/aromatic N) is 6. The average molecular weight is 341 g/mol. The second kappa shape index (κ2) is 5.55. The van der Waals surface area contributed by atoms with Gasteiger partial charge < -0.3 is 5.32 Å². The predicted molar refractivity (Wildman–Crippen MR) is 94.7 cm³/mol. The molecule has 4 aromatic heterocycles. The minimum Gasteiger partial charge on any atom is -0.362 e. The lowest BCUT2D eigenvalue weighted by Crippen LogP contribution is -2.12. The van der Waals surface area contributed by atoms with Gasteiger partial charge in [-0.15, -0.1) is 0 Å². The van der Waals surface area contributed by atoms with Gasteiger partial charge in [0.1, 0.15) is 11.3 Å².